The summed E-state index contributed by atoms with van der Waals surface area (Å²) in [4.78, 5) is 22.2. The first-order valence-corrected chi connectivity index (χ1v) is 5.08. The van der Waals surface area contributed by atoms with Crippen LogP contribution in [0, 0.1) is 0 Å². The van der Waals surface area contributed by atoms with Crippen LogP contribution in [0.2, 0.25) is 0 Å². The molecule has 2 N–H and O–H groups in total. The number of rotatable bonds is 1. The van der Waals surface area contributed by atoms with Gasteiger partial charge in [-0.15, -0.1) is 0 Å². The van der Waals surface area contributed by atoms with Gasteiger partial charge in [0.05, 0.1) is 5.69 Å². The lowest BCUT2D eigenvalue weighted by Gasteiger charge is -2.28. The number of hydrazine groups is 1. The fourth-order valence-electron chi connectivity index (χ4n) is 1.30. The van der Waals surface area contributed by atoms with Crippen molar-refractivity contribution in [3.63, 3.8) is 0 Å². The molecule has 1 aliphatic heterocycles. The summed E-state index contributed by atoms with van der Waals surface area (Å²) in [5, 5.41) is 3.64. The number of carbonyl (C=O) groups is 2. The van der Waals surface area contributed by atoms with Gasteiger partial charge in [0.25, 0.3) is 0 Å². The number of imide groups is 1. The van der Waals surface area contributed by atoms with Crippen LogP contribution in [0.5, 0.6) is 0 Å². The van der Waals surface area contributed by atoms with E-state index >= 15 is 0 Å². The maximum atomic E-state index is 11.1. The Morgan fingerprint density at radius 1 is 1.33 bits per heavy atom. The zero-order valence-corrected chi connectivity index (χ0v) is 9.24. The summed E-state index contributed by atoms with van der Waals surface area (Å²) in [7, 11) is 0. The third kappa shape index (κ3) is 2.27. The second-order valence-corrected chi connectivity index (χ2v) is 3.97. The summed E-state index contributed by atoms with van der Waals surface area (Å²) in [6.45, 7) is 0.113. The molecule has 1 saturated heterocycles. The predicted molar refractivity (Wildman–Crippen MR) is 58.2 cm³/mol. The molecule has 0 radical (unpaired) electrons. The van der Waals surface area contributed by atoms with E-state index in [1.54, 1.807) is 0 Å². The second-order valence-electron chi connectivity index (χ2n) is 3.06. The van der Waals surface area contributed by atoms with E-state index in [1.807, 2.05) is 24.3 Å². The van der Waals surface area contributed by atoms with E-state index in [9.17, 15) is 9.59 Å². The van der Waals surface area contributed by atoms with Gasteiger partial charge in [-0.2, -0.15) is 0 Å². The minimum Gasteiger partial charge on any atom is -0.275 e. The summed E-state index contributed by atoms with van der Waals surface area (Å²) in [6, 6.07) is 6.82. The lowest BCUT2D eigenvalue weighted by atomic mass is 10.3. The molecule has 1 fully saturated rings. The number of anilines is 1. The maximum Gasteiger partial charge on any atom is 0.340 e. The quantitative estimate of drug-likeness (QED) is 0.800. The van der Waals surface area contributed by atoms with Crippen LogP contribution < -0.4 is 15.8 Å². The van der Waals surface area contributed by atoms with Crippen molar-refractivity contribution in [3.05, 3.63) is 28.7 Å². The Kier molecular flexibility index (Phi) is 2.59. The standard InChI is InChI=1S/C9H8BrN3O2/c10-6-2-1-3-7(4-6)13-5-8(14)11-9(15)12-13/h1-4H,5H2,(H2,11,12,14,15). The van der Waals surface area contributed by atoms with Gasteiger partial charge in [-0.05, 0) is 18.2 Å². The molecule has 78 valence electrons. The highest BCUT2D eigenvalue weighted by Crippen LogP contribution is 2.18. The zero-order chi connectivity index (χ0) is 10.8. The molecule has 1 aromatic rings. The van der Waals surface area contributed by atoms with Crippen LogP contribution in [0.4, 0.5) is 10.5 Å². The fourth-order valence-corrected chi connectivity index (χ4v) is 1.69. The summed E-state index contributed by atoms with van der Waals surface area (Å²) < 4.78 is 0.889. The van der Waals surface area contributed by atoms with Crippen LogP contribution in [0.25, 0.3) is 0 Å². The molecule has 2 rings (SSSR count). The molecule has 0 unspecified atom stereocenters. The molecule has 0 atom stereocenters. The number of carbonyl (C=O) groups excluding carboxylic acids is 2. The van der Waals surface area contributed by atoms with Gasteiger partial charge in [0, 0.05) is 4.47 Å². The van der Waals surface area contributed by atoms with E-state index in [-0.39, 0.29) is 12.5 Å². The highest BCUT2D eigenvalue weighted by Gasteiger charge is 2.21. The minimum absolute atomic E-state index is 0.113. The highest BCUT2D eigenvalue weighted by atomic mass is 79.9. The van der Waals surface area contributed by atoms with Crippen molar-refractivity contribution in [1.82, 2.24) is 10.7 Å². The molecule has 0 saturated carbocycles. The lowest BCUT2D eigenvalue weighted by molar-refractivity contribution is -0.119. The average molecular weight is 270 g/mol. The molecule has 1 aliphatic rings. The van der Waals surface area contributed by atoms with Crippen LogP contribution in [0.1, 0.15) is 0 Å². The van der Waals surface area contributed by atoms with Gasteiger partial charge in [0.1, 0.15) is 6.54 Å². The Labute approximate surface area is 94.5 Å². The zero-order valence-electron chi connectivity index (χ0n) is 7.66. The van der Waals surface area contributed by atoms with Crippen molar-refractivity contribution in [1.29, 1.82) is 0 Å². The van der Waals surface area contributed by atoms with Crippen molar-refractivity contribution < 1.29 is 9.59 Å². The van der Waals surface area contributed by atoms with Gasteiger partial charge < -0.3 is 0 Å². The van der Waals surface area contributed by atoms with E-state index in [2.05, 4.69) is 26.7 Å². The van der Waals surface area contributed by atoms with Gasteiger partial charge >= 0.3 is 6.03 Å². The molecule has 0 spiro atoms. The van der Waals surface area contributed by atoms with Gasteiger partial charge in [-0.25, -0.2) is 10.2 Å². The summed E-state index contributed by atoms with van der Waals surface area (Å²) in [5.41, 5.74) is 3.29. The smallest absolute Gasteiger partial charge is 0.275 e. The molecule has 1 heterocycles. The molecule has 1 aromatic carbocycles. The highest BCUT2D eigenvalue weighted by molar-refractivity contribution is 9.10. The molecule has 3 amide bonds. The van der Waals surface area contributed by atoms with E-state index in [0.29, 0.717) is 0 Å². The molecule has 0 aliphatic carbocycles. The Hall–Kier alpha value is -1.56. The lowest BCUT2D eigenvalue weighted by Crippen LogP contribution is -2.59. The maximum absolute atomic E-state index is 11.1. The average Bonchev–Trinajstić information content (AvgIpc) is 2.16. The van der Waals surface area contributed by atoms with Crippen molar-refractivity contribution in [3.8, 4) is 0 Å². The van der Waals surface area contributed by atoms with E-state index in [1.165, 1.54) is 5.01 Å². The van der Waals surface area contributed by atoms with Gasteiger partial charge in [0.2, 0.25) is 5.91 Å². The third-order valence-corrected chi connectivity index (χ3v) is 2.40. The van der Waals surface area contributed by atoms with E-state index < -0.39 is 6.03 Å². The van der Waals surface area contributed by atoms with Crippen LogP contribution in [0.3, 0.4) is 0 Å². The Morgan fingerprint density at radius 2 is 2.13 bits per heavy atom. The Bertz CT molecular complexity index is 406. The summed E-state index contributed by atoms with van der Waals surface area (Å²) in [6.07, 6.45) is 0. The molecule has 0 bridgehead atoms. The molecule has 15 heavy (non-hydrogen) atoms. The molecular formula is C9H8BrN3O2. The van der Waals surface area contributed by atoms with Crippen molar-refractivity contribution in [2.75, 3.05) is 11.6 Å². The Balaban J connectivity index is 2.23. The van der Waals surface area contributed by atoms with Crippen molar-refractivity contribution >= 4 is 33.6 Å². The third-order valence-electron chi connectivity index (χ3n) is 1.91. The van der Waals surface area contributed by atoms with Crippen molar-refractivity contribution in [2.45, 2.75) is 0 Å². The number of hydrogen-bond acceptors (Lipinski definition) is 3. The molecule has 5 nitrogen and oxygen atoms in total. The minimum atomic E-state index is -0.508. The summed E-state index contributed by atoms with van der Waals surface area (Å²) in [5.74, 6) is -0.321. The summed E-state index contributed by atoms with van der Waals surface area (Å²) >= 11 is 3.32. The number of amides is 3. The second kappa shape index (κ2) is 3.90. The SMILES string of the molecule is O=C1CN(c2cccc(Br)c2)NC(=O)N1. The predicted octanol–water partition coefficient (Wildman–Crippen LogP) is 1.01. The van der Waals surface area contributed by atoms with Crippen LogP contribution >= 0.6 is 15.9 Å². The van der Waals surface area contributed by atoms with E-state index in [4.69, 9.17) is 0 Å². The van der Waals surface area contributed by atoms with Gasteiger partial charge in [-0.3, -0.25) is 15.1 Å². The normalized spacial score (nSPS) is 15.9. The first kappa shape index (κ1) is 9.97. The first-order chi connectivity index (χ1) is 7.15. The van der Waals surface area contributed by atoms with Crippen LogP contribution in [-0.4, -0.2) is 18.5 Å². The number of benzene rings is 1. The molecule has 6 heteroatoms. The van der Waals surface area contributed by atoms with E-state index in [0.717, 1.165) is 10.2 Å². The number of nitrogens with one attached hydrogen (secondary N) is 2. The largest absolute Gasteiger partial charge is 0.340 e. The number of urea groups is 1. The first-order valence-electron chi connectivity index (χ1n) is 4.29. The fraction of sp³-hybridized carbons (Fsp3) is 0.111. The number of nitrogens with zero attached hydrogens (tertiary/aromatic N) is 1. The van der Waals surface area contributed by atoms with Crippen LogP contribution in [0.15, 0.2) is 28.7 Å². The van der Waals surface area contributed by atoms with Gasteiger partial charge in [-0.1, -0.05) is 22.0 Å². The number of hydrogen-bond donors (Lipinski definition) is 2. The topological polar surface area (TPSA) is 61.4 Å². The monoisotopic (exact) mass is 269 g/mol. The molecule has 0 aromatic heterocycles. The van der Waals surface area contributed by atoms with Crippen LogP contribution in [-0.2, 0) is 4.79 Å². The van der Waals surface area contributed by atoms with Gasteiger partial charge in [0.15, 0.2) is 0 Å². The number of halogens is 1. The van der Waals surface area contributed by atoms with Crippen molar-refractivity contribution in [2.24, 2.45) is 0 Å². The molecular weight excluding hydrogens is 262 g/mol. The Morgan fingerprint density at radius 3 is 2.80 bits per heavy atom.